The van der Waals surface area contributed by atoms with Gasteiger partial charge in [-0.25, -0.2) is 0 Å². The molecular formula is C13H21NO. The van der Waals surface area contributed by atoms with Crippen molar-refractivity contribution in [1.82, 2.24) is 5.32 Å². The average molecular weight is 207 g/mol. The quantitative estimate of drug-likeness (QED) is 0.693. The maximum Gasteiger partial charge on any atom is 0.223 e. The smallest absolute Gasteiger partial charge is 0.223 e. The van der Waals surface area contributed by atoms with Gasteiger partial charge >= 0.3 is 0 Å². The van der Waals surface area contributed by atoms with E-state index in [1.807, 2.05) is 6.92 Å². The molecule has 0 aromatic heterocycles. The molecule has 0 spiro atoms. The number of rotatable bonds is 2. The predicted octanol–water partition coefficient (Wildman–Crippen LogP) is 2.79. The number of hydrogen-bond acceptors (Lipinski definition) is 1. The SMILES string of the molecule is CCNC(=O)C1CCC(=C2CCC2)CC1. The summed E-state index contributed by atoms with van der Waals surface area (Å²) in [6.07, 6.45) is 8.56. The molecule has 0 aromatic carbocycles. The Bertz CT molecular complexity index is 264. The van der Waals surface area contributed by atoms with Crippen LogP contribution in [0.4, 0.5) is 0 Å². The van der Waals surface area contributed by atoms with E-state index < -0.39 is 0 Å². The van der Waals surface area contributed by atoms with Crippen molar-refractivity contribution in [1.29, 1.82) is 0 Å². The minimum absolute atomic E-state index is 0.273. The van der Waals surface area contributed by atoms with Gasteiger partial charge in [0.1, 0.15) is 0 Å². The van der Waals surface area contributed by atoms with E-state index in [-0.39, 0.29) is 11.8 Å². The molecule has 2 heteroatoms. The zero-order chi connectivity index (χ0) is 10.7. The van der Waals surface area contributed by atoms with Crippen LogP contribution in [-0.2, 0) is 4.79 Å². The van der Waals surface area contributed by atoms with E-state index in [9.17, 15) is 4.79 Å². The molecule has 84 valence electrons. The highest BCUT2D eigenvalue weighted by molar-refractivity contribution is 5.78. The first-order valence-electron chi connectivity index (χ1n) is 6.28. The first-order valence-corrected chi connectivity index (χ1v) is 6.28. The summed E-state index contributed by atoms with van der Waals surface area (Å²) in [6, 6.07) is 0. The summed E-state index contributed by atoms with van der Waals surface area (Å²) in [5, 5.41) is 2.93. The van der Waals surface area contributed by atoms with Crippen molar-refractivity contribution in [2.75, 3.05) is 6.54 Å². The number of amides is 1. The lowest BCUT2D eigenvalue weighted by atomic mass is 9.78. The second-order valence-corrected chi connectivity index (χ2v) is 4.73. The highest BCUT2D eigenvalue weighted by Gasteiger charge is 2.25. The van der Waals surface area contributed by atoms with Gasteiger partial charge in [-0.2, -0.15) is 0 Å². The third kappa shape index (κ3) is 2.42. The van der Waals surface area contributed by atoms with Crippen molar-refractivity contribution in [2.24, 2.45) is 5.92 Å². The van der Waals surface area contributed by atoms with Gasteiger partial charge in [0.25, 0.3) is 0 Å². The van der Waals surface area contributed by atoms with Gasteiger partial charge in [0.2, 0.25) is 5.91 Å². The molecule has 0 heterocycles. The van der Waals surface area contributed by atoms with Gasteiger partial charge in [-0.15, -0.1) is 0 Å². The van der Waals surface area contributed by atoms with Crippen molar-refractivity contribution >= 4 is 5.91 Å². The fraction of sp³-hybridized carbons (Fsp3) is 0.769. The van der Waals surface area contributed by atoms with Gasteiger partial charge < -0.3 is 5.32 Å². The molecule has 2 aliphatic carbocycles. The van der Waals surface area contributed by atoms with Gasteiger partial charge in [-0.3, -0.25) is 4.79 Å². The number of nitrogens with one attached hydrogen (secondary N) is 1. The molecule has 2 fully saturated rings. The maximum atomic E-state index is 11.6. The number of hydrogen-bond donors (Lipinski definition) is 1. The molecule has 1 N–H and O–H groups in total. The summed E-state index contributed by atoms with van der Waals surface area (Å²) in [6.45, 7) is 2.76. The summed E-state index contributed by atoms with van der Waals surface area (Å²) in [5.41, 5.74) is 3.39. The number of allylic oxidation sites excluding steroid dienone is 2. The molecule has 0 atom stereocenters. The van der Waals surface area contributed by atoms with Crippen LogP contribution in [0.2, 0.25) is 0 Å². The van der Waals surface area contributed by atoms with Crippen molar-refractivity contribution in [3.8, 4) is 0 Å². The molecule has 0 radical (unpaired) electrons. The van der Waals surface area contributed by atoms with Crippen LogP contribution in [0.1, 0.15) is 51.9 Å². The normalized spacial score (nSPS) is 26.1. The Labute approximate surface area is 92.1 Å². The fourth-order valence-electron chi connectivity index (χ4n) is 2.61. The van der Waals surface area contributed by atoms with Crippen LogP contribution in [0, 0.1) is 5.92 Å². The summed E-state index contributed by atoms with van der Waals surface area (Å²) >= 11 is 0. The van der Waals surface area contributed by atoms with Crippen LogP contribution < -0.4 is 5.32 Å². The highest BCUT2D eigenvalue weighted by atomic mass is 16.1. The van der Waals surface area contributed by atoms with Gasteiger partial charge in [0.15, 0.2) is 0 Å². The summed E-state index contributed by atoms with van der Waals surface area (Å²) in [4.78, 5) is 11.6. The number of carbonyl (C=O) groups is 1. The second-order valence-electron chi connectivity index (χ2n) is 4.73. The first-order chi connectivity index (χ1) is 7.31. The lowest BCUT2D eigenvalue weighted by molar-refractivity contribution is -0.125. The van der Waals surface area contributed by atoms with Crippen LogP contribution in [0.25, 0.3) is 0 Å². The van der Waals surface area contributed by atoms with E-state index in [1.165, 1.54) is 32.1 Å². The minimum atomic E-state index is 0.273. The fourth-order valence-corrected chi connectivity index (χ4v) is 2.61. The number of carbonyl (C=O) groups excluding carboxylic acids is 1. The maximum absolute atomic E-state index is 11.6. The second kappa shape index (κ2) is 4.82. The van der Waals surface area contributed by atoms with Crippen molar-refractivity contribution in [3.63, 3.8) is 0 Å². The summed E-state index contributed by atoms with van der Waals surface area (Å²) < 4.78 is 0. The third-order valence-corrected chi connectivity index (χ3v) is 3.77. The average Bonchev–Trinajstić information content (AvgIpc) is 2.16. The van der Waals surface area contributed by atoms with Gasteiger partial charge in [0.05, 0.1) is 0 Å². The molecule has 2 saturated carbocycles. The molecule has 15 heavy (non-hydrogen) atoms. The Kier molecular flexibility index (Phi) is 3.45. The molecule has 0 aromatic rings. The first kappa shape index (κ1) is 10.7. The van der Waals surface area contributed by atoms with Crippen molar-refractivity contribution in [3.05, 3.63) is 11.1 Å². The predicted molar refractivity (Wildman–Crippen MR) is 61.5 cm³/mol. The monoisotopic (exact) mass is 207 g/mol. The van der Waals surface area contributed by atoms with Gasteiger partial charge in [0, 0.05) is 12.5 Å². The Morgan fingerprint density at radius 2 is 1.80 bits per heavy atom. The Morgan fingerprint density at radius 3 is 2.27 bits per heavy atom. The standard InChI is InChI=1S/C13H21NO/c1-2-14-13(15)12-8-6-11(7-9-12)10-4-3-5-10/h12H,2-9H2,1H3,(H,14,15). The third-order valence-electron chi connectivity index (χ3n) is 3.77. The zero-order valence-corrected chi connectivity index (χ0v) is 9.64. The van der Waals surface area contributed by atoms with E-state index in [4.69, 9.17) is 0 Å². The largest absolute Gasteiger partial charge is 0.356 e. The van der Waals surface area contributed by atoms with E-state index in [2.05, 4.69) is 5.32 Å². The van der Waals surface area contributed by atoms with E-state index in [0.717, 1.165) is 19.4 Å². The van der Waals surface area contributed by atoms with E-state index in [0.29, 0.717) is 0 Å². The highest BCUT2D eigenvalue weighted by Crippen LogP contribution is 2.37. The summed E-state index contributed by atoms with van der Waals surface area (Å²) in [7, 11) is 0. The Hall–Kier alpha value is -0.790. The molecule has 2 aliphatic rings. The molecule has 1 amide bonds. The molecule has 0 aliphatic heterocycles. The molecule has 2 rings (SSSR count). The topological polar surface area (TPSA) is 29.1 Å². The summed E-state index contributed by atoms with van der Waals surface area (Å²) in [5.74, 6) is 0.560. The zero-order valence-electron chi connectivity index (χ0n) is 9.64. The van der Waals surface area contributed by atoms with Crippen molar-refractivity contribution in [2.45, 2.75) is 51.9 Å². The molecule has 2 nitrogen and oxygen atoms in total. The molecular weight excluding hydrogens is 186 g/mol. The van der Waals surface area contributed by atoms with E-state index >= 15 is 0 Å². The Morgan fingerprint density at radius 1 is 1.20 bits per heavy atom. The van der Waals surface area contributed by atoms with Crippen LogP contribution in [-0.4, -0.2) is 12.5 Å². The lowest BCUT2D eigenvalue weighted by Crippen LogP contribution is -2.32. The minimum Gasteiger partial charge on any atom is -0.356 e. The van der Waals surface area contributed by atoms with Crippen LogP contribution in [0.5, 0.6) is 0 Å². The van der Waals surface area contributed by atoms with Gasteiger partial charge in [-0.05, 0) is 51.9 Å². The van der Waals surface area contributed by atoms with Crippen LogP contribution in [0.15, 0.2) is 11.1 Å². The van der Waals surface area contributed by atoms with Gasteiger partial charge in [-0.1, -0.05) is 11.1 Å². The molecule has 0 bridgehead atoms. The lowest BCUT2D eigenvalue weighted by Gasteiger charge is -2.28. The van der Waals surface area contributed by atoms with Crippen LogP contribution in [0.3, 0.4) is 0 Å². The molecule has 0 saturated heterocycles. The van der Waals surface area contributed by atoms with Crippen molar-refractivity contribution < 1.29 is 4.79 Å². The Balaban J connectivity index is 1.84. The van der Waals surface area contributed by atoms with Crippen LogP contribution >= 0.6 is 0 Å². The van der Waals surface area contributed by atoms with E-state index in [1.54, 1.807) is 11.1 Å². The molecule has 0 unspecified atom stereocenters.